The number of allylic oxidation sites excluding steroid dienone is 1. The van der Waals surface area contributed by atoms with Crippen LogP contribution in [0.1, 0.15) is 50.2 Å². The first-order chi connectivity index (χ1) is 13.6. The summed E-state index contributed by atoms with van der Waals surface area (Å²) in [5, 5.41) is 0. The van der Waals surface area contributed by atoms with Crippen molar-refractivity contribution in [1.29, 1.82) is 0 Å². The summed E-state index contributed by atoms with van der Waals surface area (Å²) in [6.45, 7) is 2.09. The molecule has 0 bridgehead atoms. The normalized spacial score (nSPS) is 19.4. The van der Waals surface area contributed by atoms with Crippen molar-refractivity contribution in [1.82, 2.24) is 4.98 Å². The number of hydrogen-bond acceptors (Lipinski definition) is 1. The standard InChI is InChI=1S/C24H24F3N/c1-2-3-19-9-11-24(28-16-19)20-14-22(26)21(23(27)15-20)10-8-17-4-6-18(7-5-17)12-13-25/h9,11-18H,2-7H2,1H3/t17-,18-. The molecule has 0 radical (unpaired) electrons. The van der Waals surface area contributed by atoms with Crippen molar-refractivity contribution in [2.45, 2.75) is 45.4 Å². The van der Waals surface area contributed by atoms with Gasteiger partial charge in [0.05, 0.1) is 17.6 Å². The second-order valence-electron chi connectivity index (χ2n) is 7.32. The van der Waals surface area contributed by atoms with Crippen LogP contribution < -0.4 is 0 Å². The minimum Gasteiger partial charge on any atom is -0.256 e. The van der Waals surface area contributed by atoms with Gasteiger partial charge in [0.15, 0.2) is 0 Å². The van der Waals surface area contributed by atoms with E-state index in [0.717, 1.165) is 44.1 Å². The molecule has 1 heterocycles. The van der Waals surface area contributed by atoms with Gasteiger partial charge in [0, 0.05) is 17.7 Å². The van der Waals surface area contributed by atoms with Gasteiger partial charge in [0.2, 0.25) is 0 Å². The Balaban J connectivity index is 1.74. The van der Waals surface area contributed by atoms with Crippen LogP contribution in [-0.4, -0.2) is 4.98 Å². The number of nitrogens with zero attached hydrogens (tertiary/aromatic N) is 1. The van der Waals surface area contributed by atoms with E-state index < -0.39 is 11.6 Å². The lowest BCUT2D eigenvalue weighted by molar-refractivity contribution is 0.362. The number of aromatic nitrogens is 1. The van der Waals surface area contributed by atoms with Gasteiger partial charge in [-0.2, -0.15) is 0 Å². The van der Waals surface area contributed by atoms with Gasteiger partial charge in [-0.15, -0.1) is 0 Å². The maximum absolute atomic E-state index is 14.5. The molecule has 4 heteroatoms. The van der Waals surface area contributed by atoms with E-state index in [1.807, 2.05) is 6.07 Å². The van der Waals surface area contributed by atoms with Crippen LogP contribution in [0.3, 0.4) is 0 Å². The Hall–Kier alpha value is -2.54. The lowest BCUT2D eigenvalue weighted by Gasteiger charge is -2.22. The molecule has 0 atom stereocenters. The van der Waals surface area contributed by atoms with E-state index in [-0.39, 0.29) is 17.4 Å². The lowest BCUT2D eigenvalue weighted by atomic mass is 9.82. The Morgan fingerprint density at radius 2 is 1.82 bits per heavy atom. The van der Waals surface area contributed by atoms with Crippen molar-refractivity contribution < 1.29 is 13.2 Å². The van der Waals surface area contributed by atoms with Crippen LogP contribution in [0, 0.1) is 35.3 Å². The summed E-state index contributed by atoms with van der Waals surface area (Å²) in [5.74, 6) is 4.68. The zero-order valence-corrected chi connectivity index (χ0v) is 16.0. The molecule has 1 aromatic heterocycles. The summed E-state index contributed by atoms with van der Waals surface area (Å²) in [7, 11) is 0. The summed E-state index contributed by atoms with van der Waals surface area (Å²) in [5.41, 5.74) is 1.85. The average molecular weight is 383 g/mol. The summed E-state index contributed by atoms with van der Waals surface area (Å²) in [4.78, 5) is 4.32. The quantitative estimate of drug-likeness (QED) is 0.541. The van der Waals surface area contributed by atoms with Crippen LogP contribution in [0.15, 0.2) is 42.9 Å². The number of benzene rings is 1. The number of hydrogen-bond donors (Lipinski definition) is 0. The Kier molecular flexibility index (Phi) is 6.92. The molecule has 1 saturated carbocycles. The summed E-state index contributed by atoms with van der Waals surface area (Å²) < 4.78 is 41.2. The second-order valence-corrected chi connectivity index (χ2v) is 7.32. The van der Waals surface area contributed by atoms with Gasteiger partial charge in [-0.1, -0.05) is 37.3 Å². The van der Waals surface area contributed by atoms with Crippen LogP contribution in [-0.2, 0) is 6.42 Å². The van der Waals surface area contributed by atoms with E-state index in [2.05, 4.69) is 23.7 Å². The van der Waals surface area contributed by atoms with Gasteiger partial charge in [-0.25, -0.2) is 13.2 Å². The first-order valence-corrected chi connectivity index (χ1v) is 9.83. The van der Waals surface area contributed by atoms with Gasteiger partial charge < -0.3 is 0 Å². The van der Waals surface area contributed by atoms with Gasteiger partial charge >= 0.3 is 0 Å². The lowest BCUT2D eigenvalue weighted by Crippen LogP contribution is -2.11. The van der Waals surface area contributed by atoms with E-state index in [1.165, 1.54) is 12.1 Å². The van der Waals surface area contributed by atoms with E-state index in [9.17, 15) is 13.2 Å². The van der Waals surface area contributed by atoms with Crippen molar-refractivity contribution in [3.8, 4) is 23.1 Å². The molecule has 0 amide bonds. The Labute approximate surface area is 164 Å². The number of halogens is 3. The fraction of sp³-hybridized carbons (Fsp3) is 0.375. The molecule has 1 aromatic carbocycles. The van der Waals surface area contributed by atoms with Crippen molar-refractivity contribution in [3.63, 3.8) is 0 Å². The zero-order chi connectivity index (χ0) is 19.9. The summed E-state index contributed by atoms with van der Waals surface area (Å²) in [6.07, 6.45) is 9.19. The number of rotatable bonds is 4. The molecule has 0 N–H and O–H groups in total. The second kappa shape index (κ2) is 9.59. The monoisotopic (exact) mass is 383 g/mol. The maximum atomic E-state index is 14.5. The van der Waals surface area contributed by atoms with E-state index in [4.69, 9.17) is 0 Å². The molecule has 1 fully saturated rings. The van der Waals surface area contributed by atoms with Gasteiger partial charge in [-0.05, 0) is 61.8 Å². The molecule has 0 saturated heterocycles. The van der Waals surface area contributed by atoms with Crippen molar-refractivity contribution >= 4 is 0 Å². The zero-order valence-electron chi connectivity index (χ0n) is 16.0. The molecule has 3 rings (SSSR count). The highest BCUT2D eigenvalue weighted by Crippen LogP contribution is 2.29. The molecule has 1 nitrogen and oxygen atoms in total. The summed E-state index contributed by atoms with van der Waals surface area (Å²) >= 11 is 0. The van der Waals surface area contributed by atoms with E-state index in [0.29, 0.717) is 17.6 Å². The molecule has 0 spiro atoms. The van der Waals surface area contributed by atoms with Crippen molar-refractivity contribution in [3.05, 3.63) is 65.6 Å². The Bertz CT molecular complexity index is 859. The van der Waals surface area contributed by atoms with Crippen molar-refractivity contribution in [2.75, 3.05) is 0 Å². The molecule has 0 unspecified atom stereocenters. The van der Waals surface area contributed by atoms with Crippen LogP contribution in [0.4, 0.5) is 13.2 Å². The van der Waals surface area contributed by atoms with Gasteiger partial charge in [-0.3, -0.25) is 4.98 Å². The minimum atomic E-state index is -0.670. The van der Waals surface area contributed by atoms with Gasteiger partial charge in [0.1, 0.15) is 11.6 Å². The fourth-order valence-electron chi connectivity index (χ4n) is 3.61. The predicted octanol–water partition coefficient (Wildman–Crippen LogP) is 6.62. The number of pyridine rings is 1. The van der Waals surface area contributed by atoms with E-state index >= 15 is 0 Å². The van der Waals surface area contributed by atoms with Crippen LogP contribution >= 0.6 is 0 Å². The molecular formula is C24H24F3N. The van der Waals surface area contributed by atoms with Gasteiger partial charge in [0.25, 0.3) is 0 Å². The minimum absolute atomic E-state index is 0.0931. The van der Waals surface area contributed by atoms with Crippen molar-refractivity contribution in [2.24, 2.45) is 11.8 Å². The highest BCUT2D eigenvalue weighted by molar-refractivity contribution is 5.61. The van der Waals surface area contributed by atoms with Crippen LogP contribution in [0.2, 0.25) is 0 Å². The SMILES string of the molecule is CCCc1ccc(-c2cc(F)c(C#C[C@H]3CC[C@H](C=CF)CC3)c(F)c2)nc1. The Morgan fingerprint density at radius 3 is 2.39 bits per heavy atom. The molecule has 146 valence electrons. The molecule has 1 aliphatic rings. The smallest absolute Gasteiger partial charge is 0.142 e. The third-order valence-corrected chi connectivity index (χ3v) is 5.22. The third-order valence-electron chi connectivity index (χ3n) is 5.22. The average Bonchev–Trinajstić information content (AvgIpc) is 2.69. The first-order valence-electron chi connectivity index (χ1n) is 9.83. The highest BCUT2D eigenvalue weighted by atomic mass is 19.1. The highest BCUT2D eigenvalue weighted by Gasteiger charge is 2.18. The summed E-state index contributed by atoms with van der Waals surface area (Å²) in [6, 6.07) is 6.30. The van der Waals surface area contributed by atoms with Crippen LogP contribution in [0.5, 0.6) is 0 Å². The predicted molar refractivity (Wildman–Crippen MR) is 106 cm³/mol. The largest absolute Gasteiger partial charge is 0.256 e. The molecular weight excluding hydrogens is 359 g/mol. The van der Waals surface area contributed by atoms with Crippen LogP contribution in [0.25, 0.3) is 11.3 Å². The first kappa shape index (κ1) is 20.2. The molecule has 0 aliphatic heterocycles. The molecule has 28 heavy (non-hydrogen) atoms. The molecule has 1 aliphatic carbocycles. The van der Waals surface area contributed by atoms with E-state index in [1.54, 1.807) is 18.3 Å². The number of aryl methyl sites for hydroxylation is 1. The topological polar surface area (TPSA) is 12.9 Å². The Morgan fingerprint density at radius 1 is 1.11 bits per heavy atom. The molecule has 2 aromatic rings. The fourth-order valence-corrected chi connectivity index (χ4v) is 3.61. The maximum Gasteiger partial charge on any atom is 0.142 e. The third kappa shape index (κ3) is 5.04.